The fourth-order valence-corrected chi connectivity index (χ4v) is 2.83. The third-order valence-electron chi connectivity index (χ3n) is 2.80. The largest absolute Gasteiger partial charge is 0.480 e. The van der Waals surface area contributed by atoms with Crippen molar-refractivity contribution in [2.45, 2.75) is 25.3 Å². The first-order chi connectivity index (χ1) is 8.09. The van der Waals surface area contributed by atoms with Crippen LogP contribution in [0.1, 0.15) is 17.7 Å². The van der Waals surface area contributed by atoms with Gasteiger partial charge in [0.25, 0.3) is 0 Å². The van der Waals surface area contributed by atoms with Crippen molar-refractivity contribution >= 4 is 28.9 Å². The van der Waals surface area contributed by atoms with Gasteiger partial charge in [0.1, 0.15) is 6.04 Å². The zero-order valence-corrected chi connectivity index (χ0v) is 10.1. The molecule has 0 saturated carbocycles. The standard InChI is InChI=1S/C11H14N2O3S/c12-7(11(15)16)6-13-8-4-5-17-9(8)2-1-3-10(13)14/h4-5,7H,1-3,6,12H2,(H,15,16). The van der Waals surface area contributed by atoms with Gasteiger partial charge in [-0.05, 0) is 24.3 Å². The molecular weight excluding hydrogens is 240 g/mol. The van der Waals surface area contributed by atoms with Crippen LogP contribution >= 0.6 is 11.3 Å². The van der Waals surface area contributed by atoms with E-state index in [9.17, 15) is 9.59 Å². The maximum atomic E-state index is 11.9. The lowest BCUT2D eigenvalue weighted by atomic mass is 10.2. The Morgan fingerprint density at radius 1 is 1.59 bits per heavy atom. The second kappa shape index (κ2) is 4.85. The Morgan fingerprint density at radius 2 is 2.35 bits per heavy atom. The van der Waals surface area contributed by atoms with E-state index in [1.807, 2.05) is 11.4 Å². The first-order valence-corrected chi connectivity index (χ1v) is 6.32. The van der Waals surface area contributed by atoms with Crippen molar-refractivity contribution in [3.05, 3.63) is 16.3 Å². The number of nitrogens with zero attached hydrogens (tertiary/aromatic N) is 1. The number of hydrogen-bond acceptors (Lipinski definition) is 4. The monoisotopic (exact) mass is 254 g/mol. The molecule has 1 aromatic heterocycles. The van der Waals surface area contributed by atoms with Crippen LogP contribution in [0, 0.1) is 0 Å². The summed E-state index contributed by atoms with van der Waals surface area (Å²) in [5.41, 5.74) is 6.32. The molecule has 92 valence electrons. The number of amides is 1. The Bertz CT molecular complexity index is 444. The summed E-state index contributed by atoms with van der Waals surface area (Å²) in [4.78, 5) is 25.3. The minimum atomic E-state index is -1.08. The van der Waals surface area contributed by atoms with Gasteiger partial charge >= 0.3 is 5.97 Å². The number of nitrogens with two attached hydrogens (primary N) is 1. The Kier molecular flexibility index (Phi) is 3.44. The van der Waals surface area contributed by atoms with Gasteiger partial charge in [0.05, 0.1) is 12.2 Å². The quantitative estimate of drug-likeness (QED) is 0.836. The molecule has 0 aromatic carbocycles. The van der Waals surface area contributed by atoms with Gasteiger partial charge < -0.3 is 15.7 Å². The number of fused-ring (bicyclic) bond motifs is 1. The first-order valence-electron chi connectivity index (χ1n) is 5.44. The summed E-state index contributed by atoms with van der Waals surface area (Å²) < 4.78 is 0. The number of anilines is 1. The van der Waals surface area contributed by atoms with E-state index in [4.69, 9.17) is 10.8 Å². The van der Waals surface area contributed by atoms with Crippen LogP contribution in [0.25, 0.3) is 0 Å². The van der Waals surface area contributed by atoms with Gasteiger partial charge in [0.2, 0.25) is 5.91 Å². The lowest BCUT2D eigenvalue weighted by Crippen LogP contribution is -2.45. The molecule has 0 radical (unpaired) electrons. The number of rotatable bonds is 3. The summed E-state index contributed by atoms with van der Waals surface area (Å²) in [6.07, 6.45) is 2.14. The van der Waals surface area contributed by atoms with E-state index in [0.717, 1.165) is 23.4 Å². The van der Waals surface area contributed by atoms with Crippen molar-refractivity contribution < 1.29 is 14.7 Å². The van der Waals surface area contributed by atoms with E-state index in [0.29, 0.717) is 6.42 Å². The molecule has 1 aliphatic heterocycles. The van der Waals surface area contributed by atoms with E-state index in [2.05, 4.69) is 0 Å². The highest BCUT2D eigenvalue weighted by Crippen LogP contribution is 2.31. The molecule has 1 atom stereocenters. The number of carbonyl (C=O) groups excluding carboxylic acids is 1. The molecule has 1 aliphatic rings. The number of hydrogen-bond donors (Lipinski definition) is 2. The zero-order chi connectivity index (χ0) is 12.4. The molecule has 2 heterocycles. The maximum absolute atomic E-state index is 11.9. The lowest BCUT2D eigenvalue weighted by molar-refractivity contribution is -0.138. The number of aliphatic carboxylic acids is 1. The smallest absolute Gasteiger partial charge is 0.322 e. The normalized spacial score (nSPS) is 17.5. The molecule has 1 amide bonds. The molecule has 0 saturated heterocycles. The van der Waals surface area contributed by atoms with E-state index in [1.165, 1.54) is 4.90 Å². The number of thiophene rings is 1. The average Bonchev–Trinajstić information content (AvgIpc) is 2.68. The van der Waals surface area contributed by atoms with Crippen molar-refractivity contribution in [2.24, 2.45) is 5.73 Å². The predicted molar refractivity (Wildman–Crippen MR) is 65.2 cm³/mol. The molecule has 17 heavy (non-hydrogen) atoms. The average molecular weight is 254 g/mol. The summed E-state index contributed by atoms with van der Waals surface area (Å²) in [7, 11) is 0. The van der Waals surface area contributed by atoms with E-state index in [-0.39, 0.29) is 12.5 Å². The van der Waals surface area contributed by atoms with Crippen molar-refractivity contribution in [3.8, 4) is 0 Å². The molecule has 1 unspecified atom stereocenters. The SMILES string of the molecule is NC(CN1C(=O)CCCc2sccc21)C(=O)O. The second-order valence-electron chi connectivity index (χ2n) is 4.03. The molecule has 3 N–H and O–H groups in total. The molecule has 0 fully saturated rings. The topological polar surface area (TPSA) is 83.6 Å². The number of aryl methyl sites for hydroxylation is 1. The van der Waals surface area contributed by atoms with Crippen LogP contribution in [0.2, 0.25) is 0 Å². The fraction of sp³-hybridized carbons (Fsp3) is 0.455. The molecule has 6 heteroatoms. The molecule has 2 rings (SSSR count). The third kappa shape index (κ3) is 2.48. The molecule has 1 aromatic rings. The van der Waals surface area contributed by atoms with Gasteiger partial charge in [-0.15, -0.1) is 11.3 Å². The molecule has 0 aliphatic carbocycles. The molecule has 0 bridgehead atoms. The van der Waals surface area contributed by atoms with Crippen molar-refractivity contribution in [2.75, 3.05) is 11.4 Å². The van der Waals surface area contributed by atoms with Crippen LogP contribution < -0.4 is 10.6 Å². The summed E-state index contributed by atoms with van der Waals surface area (Å²) in [6.45, 7) is 0.0396. The highest BCUT2D eigenvalue weighted by Gasteiger charge is 2.26. The number of carbonyl (C=O) groups is 2. The van der Waals surface area contributed by atoms with Gasteiger partial charge in [-0.1, -0.05) is 0 Å². The third-order valence-corrected chi connectivity index (χ3v) is 3.77. The minimum Gasteiger partial charge on any atom is -0.480 e. The van der Waals surface area contributed by atoms with Crippen LogP contribution in [0.5, 0.6) is 0 Å². The summed E-state index contributed by atoms with van der Waals surface area (Å²) in [5.74, 6) is -1.13. The predicted octanol–water partition coefficient (Wildman–Crippen LogP) is 0.829. The van der Waals surface area contributed by atoms with Gasteiger partial charge in [-0.2, -0.15) is 0 Å². The minimum absolute atomic E-state index is 0.0396. The number of carboxylic acids is 1. The van der Waals surface area contributed by atoms with Crippen molar-refractivity contribution in [1.29, 1.82) is 0 Å². The summed E-state index contributed by atoms with van der Waals surface area (Å²) in [5, 5.41) is 10.7. The van der Waals surface area contributed by atoms with E-state index < -0.39 is 12.0 Å². The summed E-state index contributed by atoms with van der Waals surface area (Å²) in [6, 6.07) is 0.822. The maximum Gasteiger partial charge on any atom is 0.322 e. The zero-order valence-electron chi connectivity index (χ0n) is 9.26. The Labute approximate surface area is 103 Å². The van der Waals surface area contributed by atoms with Crippen LogP contribution in [-0.2, 0) is 16.0 Å². The van der Waals surface area contributed by atoms with Crippen molar-refractivity contribution in [1.82, 2.24) is 0 Å². The van der Waals surface area contributed by atoms with Gasteiger partial charge in [-0.25, -0.2) is 0 Å². The van der Waals surface area contributed by atoms with Crippen molar-refractivity contribution in [3.63, 3.8) is 0 Å². The first kappa shape index (κ1) is 12.1. The highest BCUT2D eigenvalue weighted by molar-refractivity contribution is 7.10. The van der Waals surface area contributed by atoms with Gasteiger partial charge in [0.15, 0.2) is 0 Å². The summed E-state index contributed by atoms with van der Waals surface area (Å²) >= 11 is 1.60. The molecular formula is C11H14N2O3S. The Morgan fingerprint density at radius 3 is 3.06 bits per heavy atom. The fourth-order valence-electron chi connectivity index (χ4n) is 1.91. The lowest BCUT2D eigenvalue weighted by Gasteiger charge is -2.22. The van der Waals surface area contributed by atoms with Gasteiger partial charge in [-0.3, -0.25) is 9.59 Å². The molecule has 0 spiro atoms. The van der Waals surface area contributed by atoms with Gasteiger partial charge in [0, 0.05) is 11.3 Å². The van der Waals surface area contributed by atoms with Crippen LogP contribution in [-0.4, -0.2) is 29.6 Å². The highest BCUT2D eigenvalue weighted by atomic mass is 32.1. The Balaban J connectivity index is 2.24. The second-order valence-corrected chi connectivity index (χ2v) is 5.03. The Hall–Kier alpha value is -1.40. The van der Waals surface area contributed by atoms with Crippen LogP contribution in [0.4, 0.5) is 5.69 Å². The van der Waals surface area contributed by atoms with E-state index >= 15 is 0 Å². The molecule has 5 nitrogen and oxygen atoms in total. The van der Waals surface area contributed by atoms with E-state index in [1.54, 1.807) is 11.3 Å². The number of carboxylic acid groups (broad SMARTS) is 1. The van der Waals surface area contributed by atoms with Crippen LogP contribution in [0.15, 0.2) is 11.4 Å². The van der Waals surface area contributed by atoms with Crippen LogP contribution in [0.3, 0.4) is 0 Å².